The van der Waals surface area contributed by atoms with E-state index in [2.05, 4.69) is 15.1 Å². The Labute approximate surface area is 150 Å². The lowest BCUT2D eigenvalue weighted by molar-refractivity contribution is -0.384. The van der Waals surface area contributed by atoms with Crippen LogP contribution in [-0.4, -0.2) is 23.9 Å². The summed E-state index contributed by atoms with van der Waals surface area (Å²) in [5, 5.41) is 19.5. The molecule has 7 nitrogen and oxygen atoms in total. The monoisotopic (exact) mass is 350 g/mol. The Morgan fingerprint density at radius 3 is 2.62 bits per heavy atom. The molecule has 1 amide bonds. The lowest BCUT2D eigenvalue weighted by Crippen LogP contribution is -2.30. The minimum atomic E-state index is -0.502. The summed E-state index contributed by atoms with van der Waals surface area (Å²) >= 11 is 0. The van der Waals surface area contributed by atoms with Crippen molar-refractivity contribution in [3.05, 3.63) is 69.3 Å². The standard InChI is InChI=1S/C19H18N4O3/c24-19-15-7-3-2-6-14(15)18(20-21-19)13-8-9-16(17(12-13)23(25)26)22-10-4-1-5-11-22/h2-3,6-9,12,18H,1,4-5,10-11H2. The summed E-state index contributed by atoms with van der Waals surface area (Å²) in [6.45, 7) is 1.67. The molecule has 1 atom stereocenters. The third kappa shape index (κ3) is 2.85. The Hall–Kier alpha value is -3.09. The molecule has 2 aliphatic rings. The maximum atomic E-state index is 11.9. The lowest BCUT2D eigenvalue weighted by Gasteiger charge is -2.28. The molecule has 1 saturated heterocycles. The average Bonchev–Trinajstić information content (AvgIpc) is 2.69. The van der Waals surface area contributed by atoms with Crippen LogP contribution in [0.2, 0.25) is 0 Å². The molecular formula is C19H18N4O3. The van der Waals surface area contributed by atoms with Gasteiger partial charge in [-0.25, -0.2) is 0 Å². The number of nitro groups is 1. The number of carbonyl (C=O) groups is 1. The number of carbonyl (C=O) groups excluding carboxylic acids is 1. The maximum Gasteiger partial charge on any atom is 0.295 e. The summed E-state index contributed by atoms with van der Waals surface area (Å²) in [7, 11) is 0. The van der Waals surface area contributed by atoms with Gasteiger partial charge in [-0.3, -0.25) is 14.9 Å². The molecule has 2 aromatic rings. The summed E-state index contributed by atoms with van der Waals surface area (Å²) in [5.74, 6) is -0.378. The van der Waals surface area contributed by atoms with Gasteiger partial charge >= 0.3 is 0 Å². The first-order valence-electron chi connectivity index (χ1n) is 8.72. The lowest BCUT2D eigenvalue weighted by atomic mass is 9.93. The van der Waals surface area contributed by atoms with Gasteiger partial charge in [0.25, 0.3) is 11.6 Å². The molecule has 0 spiro atoms. The van der Waals surface area contributed by atoms with Gasteiger partial charge in [-0.05, 0) is 42.5 Å². The van der Waals surface area contributed by atoms with E-state index >= 15 is 0 Å². The number of azo groups is 1. The van der Waals surface area contributed by atoms with Crippen LogP contribution in [0.3, 0.4) is 0 Å². The first kappa shape index (κ1) is 16.4. The molecule has 132 valence electrons. The number of amides is 1. The largest absolute Gasteiger partial charge is 0.366 e. The van der Waals surface area contributed by atoms with Crippen LogP contribution in [0, 0.1) is 10.1 Å². The smallest absolute Gasteiger partial charge is 0.295 e. The minimum absolute atomic E-state index is 0.0778. The number of benzene rings is 2. The fraction of sp³-hybridized carbons (Fsp3) is 0.316. The highest BCUT2D eigenvalue weighted by molar-refractivity contribution is 5.97. The Bertz CT molecular complexity index is 903. The van der Waals surface area contributed by atoms with Gasteiger partial charge in [0.15, 0.2) is 0 Å². The van der Waals surface area contributed by atoms with Crippen molar-refractivity contribution in [1.82, 2.24) is 0 Å². The van der Waals surface area contributed by atoms with Crippen molar-refractivity contribution in [2.45, 2.75) is 25.3 Å². The number of rotatable bonds is 3. The van der Waals surface area contributed by atoms with E-state index in [-0.39, 0.29) is 16.5 Å². The van der Waals surface area contributed by atoms with Crippen molar-refractivity contribution >= 4 is 17.3 Å². The fourth-order valence-electron chi connectivity index (χ4n) is 3.66. The summed E-state index contributed by atoms with van der Waals surface area (Å²) in [6, 6.07) is 11.9. The third-order valence-corrected chi connectivity index (χ3v) is 4.96. The van der Waals surface area contributed by atoms with Crippen molar-refractivity contribution in [3.63, 3.8) is 0 Å². The van der Waals surface area contributed by atoms with Gasteiger partial charge in [0.2, 0.25) is 0 Å². The van der Waals surface area contributed by atoms with Gasteiger partial charge in [0, 0.05) is 24.7 Å². The van der Waals surface area contributed by atoms with Gasteiger partial charge in [-0.15, -0.1) is 5.11 Å². The maximum absolute atomic E-state index is 11.9. The number of anilines is 1. The summed E-state index contributed by atoms with van der Waals surface area (Å²) in [6.07, 6.45) is 3.26. The summed E-state index contributed by atoms with van der Waals surface area (Å²) in [4.78, 5) is 25.3. The molecule has 1 fully saturated rings. The zero-order valence-corrected chi connectivity index (χ0v) is 14.2. The Kier molecular flexibility index (Phi) is 4.20. The highest BCUT2D eigenvalue weighted by Gasteiger charge is 2.28. The Morgan fingerprint density at radius 2 is 1.85 bits per heavy atom. The van der Waals surface area contributed by atoms with Crippen molar-refractivity contribution < 1.29 is 9.72 Å². The first-order valence-corrected chi connectivity index (χ1v) is 8.72. The van der Waals surface area contributed by atoms with Crippen molar-refractivity contribution in [1.29, 1.82) is 0 Å². The average molecular weight is 350 g/mol. The van der Waals surface area contributed by atoms with E-state index in [0.29, 0.717) is 16.8 Å². The quantitative estimate of drug-likeness (QED) is 0.610. The highest BCUT2D eigenvalue weighted by atomic mass is 16.6. The van der Waals surface area contributed by atoms with E-state index in [0.717, 1.165) is 37.9 Å². The van der Waals surface area contributed by atoms with E-state index in [1.807, 2.05) is 18.2 Å². The molecule has 1 unspecified atom stereocenters. The molecule has 2 aromatic carbocycles. The predicted molar refractivity (Wildman–Crippen MR) is 96.6 cm³/mol. The minimum Gasteiger partial charge on any atom is -0.366 e. The van der Waals surface area contributed by atoms with Crippen LogP contribution in [0.15, 0.2) is 52.7 Å². The predicted octanol–water partition coefficient (Wildman–Crippen LogP) is 4.28. The molecule has 0 aromatic heterocycles. The number of nitro benzene ring substituents is 1. The van der Waals surface area contributed by atoms with Gasteiger partial charge < -0.3 is 4.90 Å². The van der Waals surface area contributed by atoms with Crippen LogP contribution in [0.25, 0.3) is 0 Å². The zero-order valence-electron chi connectivity index (χ0n) is 14.2. The Balaban J connectivity index is 1.76. The molecule has 2 heterocycles. The van der Waals surface area contributed by atoms with Crippen molar-refractivity contribution in [2.75, 3.05) is 18.0 Å². The molecule has 4 rings (SSSR count). The third-order valence-electron chi connectivity index (χ3n) is 4.96. The normalized spacial score (nSPS) is 19.3. The van der Waals surface area contributed by atoms with Crippen LogP contribution < -0.4 is 4.90 Å². The summed E-state index contributed by atoms with van der Waals surface area (Å²) in [5.41, 5.74) is 2.62. The number of nitrogens with zero attached hydrogens (tertiary/aromatic N) is 4. The van der Waals surface area contributed by atoms with Gasteiger partial charge in [0.05, 0.1) is 4.92 Å². The van der Waals surface area contributed by atoms with Crippen LogP contribution in [0.5, 0.6) is 0 Å². The van der Waals surface area contributed by atoms with Crippen LogP contribution in [0.1, 0.15) is 46.8 Å². The number of piperidine rings is 1. The molecule has 2 aliphatic heterocycles. The second-order valence-corrected chi connectivity index (χ2v) is 6.56. The number of hydrogen-bond donors (Lipinski definition) is 0. The van der Waals surface area contributed by atoms with E-state index < -0.39 is 6.04 Å². The van der Waals surface area contributed by atoms with Crippen molar-refractivity contribution in [3.8, 4) is 0 Å². The second kappa shape index (κ2) is 6.67. The first-order chi connectivity index (χ1) is 12.6. The number of fused-ring (bicyclic) bond motifs is 1. The molecule has 0 saturated carbocycles. The molecule has 0 aliphatic carbocycles. The molecule has 0 N–H and O–H groups in total. The SMILES string of the molecule is O=C1N=NC(c2ccc(N3CCCCC3)c([N+](=O)[O-])c2)c2ccccc21. The van der Waals surface area contributed by atoms with Crippen molar-refractivity contribution in [2.24, 2.45) is 10.2 Å². The van der Waals surface area contributed by atoms with E-state index in [1.54, 1.807) is 24.3 Å². The van der Waals surface area contributed by atoms with Crippen LogP contribution in [-0.2, 0) is 0 Å². The van der Waals surface area contributed by atoms with Crippen LogP contribution >= 0.6 is 0 Å². The highest BCUT2D eigenvalue weighted by Crippen LogP contribution is 2.38. The van der Waals surface area contributed by atoms with E-state index in [9.17, 15) is 14.9 Å². The topological polar surface area (TPSA) is 88.2 Å². The molecule has 0 radical (unpaired) electrons. The molecular weight excluding hydrogens is 332 g/mol. The van der Waals surface area contributed by atoms with Gasteiger partial charge in [0.1, 0.15) is 11.7 Å². The van der Waals surface area contributed by atoms with Crippen LogP contribution in [0.4, 0.5) is 11.4 Å². The fourth-order valence-corrected chi connectivity index (χ4v) is 3.66. The molecule has 7 heteroatoms. The molecule has 0 bridgehead atoms. The zero-order chi connectivity index (χ0) is 18.1. The summed E-state index contributed by atoms with van der Waals surface area (Å²) < 4.78 is 0. The van der Waals surface area contributed by atoms with Gasteiger partial charge in [-0.2, -0.15) is 5.11 Å². The Morgan fingerprint density at radius 1 is 1.08 bits per heavy atom. The van der Waals surface area contributed by atoms with E-state index in [1.165, 1.54) is 0 Å². The number of hydrogen-bond acceptors (Lipinski definition) is 5. The van der Waals surface area contributed by atoms with E-state index in [4.69, 9.17) is 0 Å². The molecule has 26 heavy (non-hydrogen) atoms. The van der Waals surface area contributed by atoms with Gasteiger partial charge in [-0.1, -0.05) is 24.3 Å². The second-order valence-electron chi connectivity index (χ2n) is 6.56.